The van der Waals surface area contributed by atoms with E-state index in [1.54, 1.807) is 17.8 Å². The van der Waals surface area contributed by atoms with E-state index in [9.17, 15) is 4.79 Å². The number of thioether (sulfide) groups is 2. The second kappa shape index (κ2) is 7.41. The monoisotopic (exact) mass is 304 g/mol. The Morgan fingerprint density at radius 2 is 1.65 bits per heavy atom. The maximum absolute atomic E-state index is 11.1. The van der Waals surface area contributed by atoms with Gasteiger partial charge in [0.2, 0.25) is 0 Å². The molecule has 0 bridgehead atoms. The highest BCUT2D eigenvalue weighted by molar-refractivity contribution is 8.03. The summed E-state index contributed by atoms with van der Waals surface area (Å²) in [6.07, 6.45) is 0. The summed E-state index contributed by atoms with van der Waals surface area (Å²) in [7, 11) is 0. The van der Waals surface area contributed by atoms with Crippen molar-refractivity contribution in [2.45, 2.75) is 16.7 Å². The molecule has 0 unspecified atom stereocenters. The van der Waals surface area contributed by atoms with Crippen molar-refractivity contribution >= 4 is 29.5 Å². The molecule has 0 fully saturated rings. The highest BCUT2D eigenvalue weighted by atomic mass is 32.2. The van der Waals surface area contributed by atoms with Crippen LogP contribution in [0.15, 0.2) is 58.3 Å². The lowest BCUT2D eigenvalue weighted by Crippen LogP contribution is -1.99. The van der Waals surface area contributed by atoms with Gasteiger partial charge >= 0.3 is 5.97 Å². The third-order valence-corrected chi connectivity index (χ3v) is 5.07. The Bertz CT molecular complexity index is 582. The molecule has 0 saturated heterocycles. The SMILES string of the molecule is Cc1ccc(SCCSc2ccccc2)cc1C(=O)O. The molecule has 0 radical (unpaired) electrons. The fraction of sp³-hybridized carbons (Fsp3) is 0.188. The topological polar surface area (TPSA) is 37.3 Å². The van der Waals surface area contributed by atoms with Gasteiger partial charge in [-0.05, 0) is 36.8 Å². The van der Waals surface area contributed by atoms with Gasteiger partial charge in [0.25, 0.3) is 0 Å². The van der Waals surface area contributed by atoms with Crippen molar-refractivity contribution < 1.29 is 9.90 Å². The quantitative estimate of drug-likeness (QED) is 0.626. The molecule has 0 aliphatic carbocycles. The first-order chi connectivity index (χ1) is 9.66. The molecule has 2 aromatic rings. The molecule has 0 aliphatic heterocycles. The molecule has 104 valence electrons. The lowest BCUT2D eigenvalue weighted by molar-refractivity contribution is 0.0696. The number of rotatable bonds is 6. The number of carbonyl (C=O) groups is 1. The lowest BCUT2D eigenvalue weighted by atomic mass is 10.1. The van der Waals surface area contributed by atoms with Crippen molar-refractivity contribution in [3.8, 4) is 0 Å². The van der Waals surface area contributed by atoms with Crippen LogP contribution in [0.3, 0.4) is 0 Å². The van der Waals surface area contributed by atoms with Crippen molar-refractivity contribution in [3.63, 3.8) is 0 Å². The standard InChI is InChI=1S/C16H16O2S2/c1-12-7-8-14(11-15(12)16(17)18)20-10-9-19-13-5-3-2-4-6-13/h2-8,11H,9-10H2,1H3,(H,17,18). The van der Waals surface area contributed by atoms with Crippen LogP contribution in [0, 0.1) is 6.92 Å². The van der Waals surface area contributed by atoms with Crippen LogP contribution < -0.4 is 0 Å². The predicted octanol–water partition coefficient (Wildman–Crippen LogP) is 4.58. The number of carboxylic acid groups (broad SMARTS) is 1. The number of carboxylic acids is 1. The van der Waals surface area contributed by atoms with Gasteiger partial charge in [-0.3, -0.25) is 0 Å². The molecule has 4 heteroatoms. The van der Waals surface area contributed by atoms with E-state index < -0.39 is 5.97 Å². The van der Waals surface area contributed by atoms with Crippen LogP contribution in [-0.4, -0.2) is 22.6 Å². The minimum absolute atomic E-state index is 0.394. The summed E-state index contributed by atoms with van der Waals surface area (Å²) in [5, 5.41) is 9.10. The summed E-state index contributed by atoms with van der Waals surface area (Å²) in [5.74, 6) is 1.11. The summed E-state index contributed by atoms with van der Waals surface area (Å²) in [4.78, 5) is 13.4. The van der Waals surface area contributed by atoms with Crippen LogP contribution in [-0.2, 0) is 0 Å². The van der Waals surface area contributed by atoms with E-state index in [2.05, 4.69) is 12.1 Å². The van der Waals surface area contributed by atoms with Gasteiger partial charge in [0, 0.05) is 21.3 Å². The Morgan fingerprint density at radius 1 is 1.00 bits per heavy atom. The number of aromatic carboxylic acids is 1. The molecule has 0 aliphatic rings. The van der Waals surface area contributed by atoms with Crippen molar-refractivity contribution in [3.05, 3.63) is 59.7 Å². The Kier molecular flexibility index (Phi) is 5.56. The van der Waals surface area contributed by atoms with Crippen LogP contribution in [0.2, 0.25) is 0 Å². The van der Waals surface area contributed by atoms with Gasteiger partial charge in [0.1, 0.15) is 0 Å². The Balaban J connectivity index is 1.85. The molecule has 0 amide bonds. The minimum Gasteiger partial charge on any atom is -0.478 e. The number of hydrogen-bond acceptors (Lipinski definition) is 3. The lowest BCUT2D eigenvalue weighted by Gasteiger charge is -2.05. The largest absolute Gasteiger partial charge is 0.478 e. The maximum atomic E-state index is 11.1. The Morgan fingerprint density at radius 3 is 2.30 bits per heavy atom. The molecule has 2 nitrogen and oxygen atoms in total. The zero-order valence-electron chi connectivity index (χ0n) is 11.2. The zero-order chi connectivity index (χ0) is 14.4. The summed E-state index contributed by atoms with van der Waals surface area (Å²) < 4.78 is 0. The number of hydrogen-bond donors (Lipinski definition) is 1. The molecular formula is C16H16O2S2. The average Bonchev–Trinajstić information content (AvgIpc) is 2.46. The normalized spacial score (nSPS) is 10.4. The Labute approximate surface area is 127 Å². The van der Waals surface area contributed by atoms with E-state index >= 15 is 0 Å². The van der Waals surface area contributed by atoms with Gasteiger partial charge < -0.3 is 5.11 Å². The van der Waals surface area contributed by atoms with Crippen LogP contribution in [0.1, 0.15) is 15.9 Å². The molecule has 0 aromatic heterocycles. The van der Waals surface area contributed by atoms with E-state index in [1.807, 2.05) is 49.0 Å². The third-order valence-electron chi connectivity index (χ3n) is 2.80. The fourth-order valence-corrected chi connectivity index (χ4v) is 3.61. The van der Waals surface area contributed by atoms with E-state index in [0.29, 0.717) is 5.56 Å². The van der Waals surface area contributed by atoms with E-state index in [0.717, 1.165) is 22.0 Å². The molecule has 20 heavy (non-hydrogen) atoms. The van der Waals surface area contributed by atoms with Gasteiger partial charge in [-0.1, -0.05) is 24.3 Å². The second-order valence-electron chi connectivity index (χ2n) is 4.29. The molecule has 2 rings (SSSR count). The highest BCUT2D eigenvalue weighted by Gasteiger charge is 2.07. The van der Waals surface area contributed by atoms with E-state index in [1.165, 1.54) is 4.90 Å². The van der Waals surface area contributed by atoms with Crippen molar-refractivity contribution in [1.82, 2.24) is 0 Å². The van der Waals surface area contributed by atoms with Crippen LogP contribution in [0.4, 0.5) is 0 Å². The molecule has 0 atom stereocenters. The van der Waals surface area contributed by atoms with Crippen LogP contribution in [0.25, 0.3) is 0 Å². The number of aryl methyl sites for hydroxylation is 1. The second-order valence-corrected chi connectivity index (χ2v) is 6.63. The van der Waals surface area contributed by atoms with Gasteiger partial charge in [-0.15, -0.1) is 23.5 Å². The van der Waals surface area contributed by atoms with Crippen LogP contribution in [0.5, 0.6) is 0 Å². The summed E-state index contributed by atoms with van der Waals surface area (Å²) in [6.45, 7) is 1.82. The smallest absolute Gasteiger partial charge is 0.335 e. The zero-order valence-corrected chi connectivity index (χ0v) is 12.8. The predicted molar refractivity (Wildman–Crippen MR) is 86.0 cm³/mol. The molecule has 2 aromatic carbocycles. The van der Waals surface area contributed by atoms with Gasteiger partial charge in [0.15, 0.2) is 0 Å². The van der Waals surface area contributed by atoms with Gasteiger partial charge in [-0.25, -0.2) is 4.79 Å². The molecule has 0 spiro atoms. The summed E-state index contributed by atoms with van der Waals surface area (Å²) in [6, 6.07) is 15.9. The first kappa shape index (κ1) is 15.0. The van der Waals surface area contributed by atoms with Crippen molar-refractivity contribution in [2.75, 3.05) is 11.5 Å². The molecule has 0 heterocycles. The first-order valence-electron chi connectivity index (χ1n) is 6.31. The maximum Gasteiger partial charge on any atom is 0.335 e. The molecule has 1 N–H and O–H groups in total. The van der Waals surface area contributed by atoms with E-state index in [-0.39, 0.29) is 0 Å². The molecular weight excluding hydrogens is 288 g/mol. The third kappa shape index (κ3) is 4.32. The van der Waals surface area contributed by atoms with Gasteiger partial charge in [0.05, 0.1) is 5.56 Å². The first-order valence-corrected chi connectivity index (χ1v) is 8.28. The highest BCUT2D eigenvalue weighted by Crippen LogP contribution is 2.24. The Hall–Kier alpha value is -1.39. The summed E-state index contributed by atoms with van der Waals surface area (Å²) in [5.41, 5.74) is 1.20. The molecule has 0 saturated carbocycles. The van der Waals surface area contributed by atoms with Crippen molar-refractivity contribution in [1.29, 1.82) is 0 Å². The average molecular weight is 304 g/mol. The summed E-state index contributed by atoms with van der Waals surface area (Å²) >= 11 is 3.51. The van der Waals surface area contributed by atoms with Crippen molar-refractivity contribution in [2.24, 2.45) is 0 Å². The van der Waals surface area contributed by atoms with Gasteiger partial charge in [-0.2, -0.15) is 0 Å². The van der Waals surface area contributed by atoms with Crippen LogP contribution >= 0.6 is 23.5 Å². The minimum atomic E-state index is -0.858. The van der Waals surface area contributed by atoms with E-state index in [4.69, 9.17) is 5.11 Å². The fourth-order valence-electron chi connectivity index (χ4n) is 1.76. The number of benzene rings is 2.